The molecule has 1 N–H and O–H groups in total. The fourth-order valence-corrected chi connectivity index (χ4v) is 2.45. The van der Waals surface area contributed by atoms with Crippen molar-refractivity contribution in [1.82, 2.24) is 10.2 Å². The molecule has 0 radical (unpaired) electrons. The van der Waals surface area contributed by atoms with Gasteiger partial charge in [0.15, 0.2) is 0 Å². The van der Waals surface area contributed by atoms with E-state index in [1.807, 2.05) is 11.3 Å². The molecule has 0 amide bonds. The van der Waals surface area contributed by atoms with E-state index in [4.69, 9.17) is 4.74 Å². The van der Waals surface area contributed by atoms with Crippen LogP contribution in [0.1, 0.15) is 22.6 Å². The highest BCUT2D eigenvalue weighted by Crippen LogP contribution is 2.22. The second-order valence-corrected chi connectivity index (χ2v) is 6.13. The molecule has 1 saturated carbocycles. The third kappa shape index (κ3) is 5.17. The van der Waals surface area contributed by atoms with Crippen molar-refractivity contribution < 1.29 is 4.74 Å². The molecule has 1 aromatic heterocycles. The average Bonchev–Trinajstić information content (AvgIpc) is 3.01. The van der Waals surface area contributed by atoms with Gasteiger partial charge in [0.2, 0.25) is 0 Å². The van der Waals surface area contributed by atoms with Gasteiger partial charge >= 0.3 is 0 Å². The summed E-state index contributed by atoms with van der Waals surface area (Å²) in [6.07, 6.45) is 2.71. The summed E-state index contributed by atoms with van der Waals surface area (Å²) < 4.78 is 5.63. The maximum atomic E-state index is 5.63. The van der Waals surface area contributed by atoms with Crippen molar-refractivity contribution in [2.75, 3.05) is 27.2 Å². The van der Waals surface area contributed by atoms with Crippen molar-refractivity contribution >= 4 is 11.3 Å². The molecule has 4 heteroatoms. The predicted octanol–water partition coefficient (Wildman–Crippen LogP) is 2.08. The Hall–Kier alpha value is -0.420. The maximum Gasteiger partial charge on any atom is 0.0810 e. The number of nitrogens with one attached hydrogen (secondary N) is 1. The number of hydrogen-bond donors (Lipinski definition) is 1. The molecule has 1 aliphatic carbocycles. The Morgan fingerprint density at radius 3 is 2.82 bits per heavy atom. The van der Waals surface area contributed by atoms with Gasteiger partial charge in [-0.05, 0) is 39.1 Å². The molecule has 0 aliphatic heterocycles. The first kappa shape index (κ1) is 13.0. The largest absolute Gasteiger partial charge is 0.375 e. The van der Waals surface area contributed by atoms with Crippen LogP contribution in [-0.2, 0) is 17.9 Å². The Kier molecular flexibility index (Phi) is 4.98. The van der Waals surface area contributed by atoms with Crippen LogP contribution in [0.25, 0.3) is 0 Å². The van der Waals surface area contributed by atoms with E-state index in [-0.39, 0.29) is 0 Å². The predicted molar refractivity (Wildman–Crippen MR) is 72.4 cm³/mol. The minimum Gasteiger partial charge on any atom is -0.375 e. The van der Waals surface area contributed by atoms with Crippen LogP contribution in [0.3, 0.4) is 0 Å². The number of likely N-dealkylation sites (N-methyl/N-ethyl adjacent to an activating group) is 1. The molecule has 2 rings (SSSR count). The van der Waals surface area contributed by atoms with Gasteiger partial charge in [-0.1, -0.05) is 0 Å². The molecule has 1 aliphatic rings. The van der Waals surface area contributed by atoms with Gasteiger partial charge in [0, 0.05) is 28.9 Å². The van der Waals surface area contributed by atoms with Crippen molar-refractivity contribution in [2.24, 2.45) is 0 Å². The van der Waals surface area contributed by atoms with E-state index in [1.54, 1.807) is 0 Å². The summed E-state index contributed by atoms with van der Waals surface area (Å²) in [5.74, 6) is 0. The van der Waals surface area contributed by atoms with Gasteiger partial charge in [0.05, 0.1) is 13.2 Å². The first-order chi connectivity index (χ1) is 8.24. The lowest BCUT2D eigenvalue weighted by Gasteiger charge is -2.08. The quantitative estimate of drug-likeness (QED) is 0.719. The van der Waals surface area contributed by atoms with E-state index in [1.165, 1.54) is 22.6 Å². The zero-order valence-electron chi connectivity index (χ0n) is 10.7. The van der Waals surface area contributed by atoms with Crippen molar-refractivity contribution in [3.8, 4) is 0 Å². The first-order valence-electron chi connectivity index (χ1n) is 6.27. The topological polar surface area (TPSA) is 24.5 Å². The van der Waals surface area contributed by atoms with Gasteiger partial charge in [-0.25, -0.2) is 0 Å². The lowest BCUT2D eigenvalue weighted by Crippen LogP contribution is -2.17. The molecule has 96 valence electrons. The standard InChI is InChI=1S/C13H22N2OS/c1-15(2)7-8-16-10-13-6-5-12(17-13)9-14-11-3-4-11/h5-6,11,14H,3-4,7-10H2,1-2H3. The van der Waals surface area contributed by atoms with Crippen LogP contribution >= 0.6 is 11.3 Å². The highest BCUT2D eigenvalue weighted by molar-refractivity contribution is 7.11. The van der Waals surface area contributed by atoms with E-state index in [0.29, 0.717) is 0 Å². The summed E-state index contributed by atoms with van der Waals surface area (Å²) in [6, 6.07) is 5.19. The number of ether oxygens (including phenoxy) is 1. The summed E-state index contributed by atoms with van der Waals surface area (Å²) in [6.45, 7) is 3.57. The summed E-state index contributed by atoms with van der Waals surface area (Å²) in [4.78, 5) is 4.89. The van der Waals surface area contributed by atoms with Crippen LogP contribution in [-0.4, -0.2) is 38.2 Å². The Morgan fingerprint density at radius 2 is 2.12 bits per heavy atom. The Labute approximate surface area is 108 Å². The van der Waals surface area contributed by atoms with E-state index in [2.05, 4.69) is 36.4 Å². The molecule has 0 spiro atoms. The van der Waals surface area contributed by atoms with Crippen LogP contribution in [0, 0.1) is 0 Å². The Morgan fingerprint density at radius 1 is 1.35 bits per heavy atom. The summed E-state index contributed by atoms with van der Waals surface area (Å²) >= 11 is 1.86. The molecule has 0 unspecified atom stereocenters. The van der Waals surface area contributed by atoms with Crippen molar-refractivity contribution in [1.29, 1.82) is 0 Å². The molecular weight excluding hydrogens is 232 g/mol. The molecule has 1 heterocycles. The summed E-state index contributed by atoms with van der Waals surface area (Å²) in [7, 11) is 4.13. The number of rotatable bonds is 8. The molecule has 0 saturated heterocycles. The molecular formula is C13H22N2OS. The van der Waals surface area contributed by atoms with Crippen LogP contribution in [0.2, 0.25) is 0 Å². The van der Waals surface area contributed by atoms with Crippen LogP contribution < -0.4 is 5.32 Å². The van der Waals surface area contributed by atoms with E-state index in [9.17, 15) is 0 Å². The minimum atomic E-state index is 0.752. The highest BCUT2D eigenvalue weighted by Gasteiger charge is 2.20. The third-order valence-corrected chi connectivity index (χ3v) is 3.85. The lowest BCUT2D eigenvalue weighted by atomic mass is 10.4. The van der Waals surface area contributed by atoms with Gasteiger partial charge in [0.1, 0.15) is 0 Å². The first-order valence-corrected chi connectivity index (χ1v) is 7.09. The molecule has 0 bridgehead atoms. The second kappa shape index (κ2) is 6.50. The third-order valence-electron chi connectivity index (χ3n) is 2.79. The number of nitrogens with zero attached hydrogens (tertiary/aromatic N) is 1. The number of hydrogen-bond acceptors (Lipinski definition) is 4. The summed E-state index contributed by atoms with van der Waals surface area (Å²) in [5, 5.41) is 3.53. The zero-order chi connectivity index (χ0) is 12.1. The second-order valence-electron chi connectivity index (χ2n) is 4.88. The minimum absolute atomic E-state index is 0.752. The monoisotopic (exact) mass is 254 g/mol. The van der Waals surface area contributed by atoms with Crippen LogP contribution in [0.5, 0.6) is 0 Å². The normalized spacial score (nSPS) is 15.7. The van der Waals surface area contributed by atoms with Crippen LogP contribution in [0.4, 0.5) is 0 Å². The van der Waals surface area contributed by atoms with Gasteiger partial charge in [0.25, 0.3) is 0 Å². The SMILES string of the molecule is CN(C)CCOCc1ccc(CNC2CC2)s1. The molecule has 1 fully saturated rings. The lowest BCUT2D eigenvalue weighted by molar-refractivity contribution is 0.107. The highest BCUT2D eigenvalue weighted by atomic mass is 32.1. The van der Waals surface area contributed by atoms with E-state index < -0.39 is 0 Å². The van der Waals surface area contributed by atoms with Crippen molar-refractivity contribution in [3.63, 3.8) is 0 Å². The maximum absolute atomic E-state index is 5.63. The molecule has 0 atom stereocenters. The Bertz CT molecular complexity index is 334. The fraction of sp³-hybridized carbons (Fsp3) is 0.692. The zero-order valence-corrected chi connectivity index (χ0v) is 11.6. The van der Waals surface area contributed by atoms with Gasteiger partial charge in [-0.15, -0.1) is 11.3 Å². The Balaban J connectivity index is 1.62. The van der Waals surface area contributed by atoms with Gasteiger partial charge in [-0.3, -0.25) is 0 Å². The molecule has 1 aromatic rings. The van der Waals surface area contributed by atoms with E-state index >= 15 is 0 Å². The number of thiophene rings is 1. The van der Waals surface area contributed by atoms with Crippen LogP contribution in [0.15, 0.2) is 12.1 Å². The van der Waals surface area contributed by atoms with Gasteiger partial charge in [-0.2, -0.15) is 0 Å². The average molecular weight is 254 g/mol. The molecule has 17 heavy (non-hydrogen) atoms. The van der Waals surface area contributed by atoms with Crippen molar-refractivity contribution in [2.45, 2.75) is 32.0 Å². The summed E-state index contributed by atoms with van der Waals surface area (Å²) in [5.41, 5.74) is 0. The molecule has 3 nitrogen and oxygen atoms in total. The fourth-order valence-electron chi connectivity index (χ4n) is 1.55. The molecule has 0 aromatic carbocycles. The van der Waals surface area contributed by atoms with Crippen molar-refractivity contribution in [3.05, 3.63) is 21.9 Å². The van der Waals surface area contributed by atoms with Gasteiger partial charge < -0.3 is 15.0 Å². The smallest absolute Gasteiger partial charge is 0.0810 e. The van der Waals surface area contributed by atoms with E-state index in [0.717, 1.165) is 32.3 Å².